The lowest BCUT2D eigenvalue weighted by atomic mass is 9.99. The lowest BCUT2D eigenvalue weighted by Gasteiger charge is -2.41. The molecule has 2 atom stereocenters. The molecular formula is C26H42N2O5Si. The van der Waals surface area contributed by atoms with Gasteiger partial charge in [0.25, 0.3) is 0 Å². The molecule has 0 radical (unpaired) electrons. The van der Waals surface area contributed by atoms with Gasteiger partial charge in [0, 0.05) is 21.2 Å². The molecule has 1 aliphatic heterocycles. The standard InChI is InChI=1S/C26H42N2O5Si/c1-26(2,3)33-25(31)28-22(11-10-12-23(28)29)24(30)27(17-8-9-18-34(5,6)7)19-20-13-15-21(32-4)16-14-20/h8-9,13-16,22-23,29H,10-12,17-19H2,1-7H3/b9-8-/t22-,23?/m0/s1. The Labute approximate surface area is 205 Å². The quantitative estimate of drug-likeness (QED) is 0.409. The summed E-state index contributed by atoms with van der Waals surface area (Å²) in [6.45, 7) is 13.1. The third-order valence-electron chi connectivity index (χ3n) is 5.55. The van der Waals surface area contributed by atoms with E-state index in [1.165, 1.54) is 4.90 Å². The first-order valence-corrected chi connectivity index (χ1v) is 15.8. The van der Waals surface area contributed by atoms with Crippen molar-refractivity contribution in [2.45, 2.75) is 90.1 Å². The van der Waals surface area contributed by atoms with E-state index < -0.39 is 32.0 Å². The van der Waals surface area contributed by atoms with Gasteiger partial charge in [0.15, 0.2) is 0 Å². The van der Waals surface area contributed by atoms with Crippen molar-refractivity contribution in [3.63, 3.8) is 0 Å². The van der Waals surface area contributed by atoms with E-state index in [4.69, 9.17) is 9.47 Å². The van der Waals surface area contributed by atoms with Crippen LogP contribution >= 0.6 is 0 Å². The zero-order chi connectivity index (χ0) is 25.5. The van der Waals surface area contributed by atoms with E-state index in [1.807, 2.05) is 30.3 Å². The third kappa shape index (κ3) is 8.80. The lowest BCUT2D eigenvalue weighted by Crippen LogP contribution is -2.57. The van der Waals surface area contributed by atoms with E-state index in [9.17, 15) is 14.7 Å². The molecule has 1 aromatic rings. The number of hydrogen-bond acceptors (Lipinski definition) is 5. The van der Waals surface area contributed by atoms with E-state index in [2.05, 4.69) is 25.7 Å². The van der Waals surface area contributed by atoms with E-state index in [-0.39, 0.29) is 5.91 Å². The van der Waals surface area contributed by atoms with Gasteiger partial charge in [-0.2, -0.15) is 0 Å². The van der Waals surface area contributed by atoms with Gasteiger partial charge < -0.3 is 19.5 Å². The highest BCUT2D eigenvalue weighted by Crippen LogP contribution is 2.26. The van der Waals surface area contributed by atoms with Crippen LogP contribution in [0, 0.1) is 0 Å². The van der Waals surface area contributed by atoms with Crippen LogP contribution in [0.4, 0.5) is 4.79 Å². The van der Waals surface area contributed by atoms with Crippen molar-refractivity contribution in [3.05, 3.63) is 42.0 Å². The molecule has 1 heterocycles. The number of aliphatic hydroxyl groups is 1. The number of carbonyl (C=O) groups excluding carboxylic acids is 2. The smallest absolute Gasteiger partial charge is 0.413 e. The first-order chi connectivity index (χ1) is 15.8. The van der Waals surface area contributed by atoms with Crippen molar-refractivity contribution in [1.29, 1.82) is 0 Å². The van der Waals surface area contributed by atoms with Crippen LogP contribution < -0.4 is 4.74 Å². The Hall–Kier alpha value is -2.32. The van der Waals surface area contributed by atoms with Crippen LogP contribution in [0.5, 0.6) is 5.75 Å². The maximum atomic E-state index is 13.8. The zero-order valence-electron chi connectivity index (χ0n) is 21.8. The van der Waals surface area contributed by atoms with Gasteiger partial charge in [0.1, 0.15) is 23.6 Å². The first-order valence-electron chi connectivity index (χ1n) is 12.1. The summed E-state index contributed by atoms with van der Waals surface area (Å²) in [6.07, 6.45) is 4.08. The number of benzene rings is 1. The second-order valence-electron chi connectivity index (χ2n) is 11.1. The van der Waals surface area contributed by atoms with Crippen LogP contribution in [-0.2, 0) is 16.1 Å². The largest absolute Gasteiger partial charge is 0.497 e. The van der Waals surface area contributed by atoms with Crippen molar-refractivity contribution in [2.24, 2.45) is 0 Å². The Bertz CT molecular complexity index is 842. The average Bonchev–Trinajstić information content (AvgIpc) is 2.73. The van der Waals surface area contributed by atoms with Gasteiger partial charge in [0.2, 0.25) is 5.91 Å². The fourth-order valence-corrected chi connectivity index (χ4v) is 4.69. The van der Waals surface area contributed by atoms with Crippen molar-refractivity contribution in [2.75, 3.05) is 13.7 Å². The van der Waals surface area contributed by atoms with Crippen LogP contribution in [0.25, 0.3) is 0 Å². The minimum Gasteiger partial charge on any atom is -0.497 e. The summed E-state index contributed by atoms with van der Waals surface area (Å²) < 4.78 is 10.8. The van der Waals surface area contributed by atoms with Gasteiger partial charge >= 0.3 is 6.09 Å². The predicted octanol–water partition coefficient (Wildman–Crippen LogP) is 5.03. The SMILES string of the molecule is COc1ccc(CN(C/C=C\C[Si](C)(C)C)C(=O)[C@@H]2CCCC(O)N2C(=O)OC(C)(C)C)cc1. The Morgan fingerprint density at radius 3 is 2.35 bits per heavy atom. The summed E-state index contributed by atoms with van der Waals surface area (Å²) >= 11 is 0. The minimum absolute atomic E-state index is 0.182. The number of carbonyl (C=O) groups is 2. The van der Waals surface area contributed by atoms with Crippen molar-refractivity contribution >= 4 is 20.1 Å². The Kier molecular flexibility index (Phi) is 9.76. The highest BCUT2D eigenvalue weighted by molar-refractivity contribution is 6.76. The average molecular weight is 491 g/mol. The van der Waals surface area contributed by atoms with Crippen LogP contribution in [0.2, 0.25) is 25.7 Å². The predicted molar refractivity (Wildman–Crippen MR) is 137 cm³/mol. The van der Waals surface area contributed by atoms with Gasteiger partial charge in [-0.25, -0.2) is 4.79 Å². The van der Waals surface area contributed by atoms with Crippen LogP contribution in [-0.4, -0.2) is 66.5 Å². The molecular weight excluding hydrogens is 448 g/mol. The molecule has 1 aromatic carbocycles. The molecule has 1 N–H and O–H groups in total. The van der Waals surface area contributed by atoms with Crippen LogP contribution in [0.3, 0.4) is 0 Å². The van der Waals surface area contributed by atoms with Crippen LogP contribution in [0.1, 0.15) is 45.6 Å². The maximum absolute atomic E-state index is 13.8. The summed E-state index contributed by atoms with van der Waals surface area (Å²) in [5.74, 6) is 0.571. The molecule has 8 heteroatoms. The molecule has 0 aromatic heterocycles. The molecule has 7 nitrogen and oxygen atoms in total. The fraction of sp³-hybridized carbons (Fsp3) is 0.615. The second kappa shape index (κ2) is 11.9. The number of nitrogens with zero attached hydrogens (tertiary/aromatic N) is 2. The van der Waals surface area contributed by atoms with E-state index in [1.54, 1.807) is 32.8 Å². The van der Waals surface area contributed by atoms with Gasteiger partial charge in [-0.1, -0.05) is 43.9 Å². The minimum atomic E-state index is -1.24. The van der Waals surface area contributed by atoms with Crippen molar-refractivity contribution < 1.29 is 24.2 Å². The highest BCUT2D eigenvalue weighted by atomic mass is 28.3. The molecule has 0 aliphatic carbocycles. The number of likely N-dealkylation sites (tertiary alicyclic amines) is 1. The Morgan fingerprint density at radius 1 is 1.15 bits per heavy atom. The summed E-state index contributed by atoms with van der Waals surface area (Å²) in [5, 5.41) is 10.6. The van der Waals surface area contributed by atoms with Crippen molar-refractivity contribution in [3.8, 4) is 5.75 Å². The van der Waals surface area contributed by atoms with Crippen LogP contribution in [0.15, 0.2) is 36.4 Å². The molecule has 2 rings (SSSR count). The number of methoxy groups -OCH3 is 1. The molecule has 0 spiro atoms. The number of amides is 2. The van der Waals surface area contributed by atoms with Gasteiger partial charge in [-0.05, 0) is 63.8 Å². The molecule has 1 saturated heterocycles. The van der Waals surface area contributed by atoms with Gasteiger partial charge in [-0.3, -0.25) is 9.69 Å². The Morgan fingerprint density at radius 2 is 1.79 bits per heavy atom. The molecule has 190 valence electrons. The number of rotatable bonds is 8. The van der Waals surface area contributed by atoms with Gasteiger partial charge in [-0.15, -0.1) is 0 Å². The molecule has 2 amide bonds. The first kappa shape index (κ1) is 27.9. The maximum Gasteiger partial charge on any atom is 0.413 e. The molecule has 34 heavy (non-hydrogen) atoms. The zero-order valence-corrected chi connectivity index (χ0v) is 22.8. The van der Waals surface area contributed by atoms with E-state index in [0.717, 1.165) is 17.4 Å². The van der Waals surface area contributed by atoms with E-state index in [0.29, 0.717) is 32.4 Å². The topological polar surface area (TPSA) is 79.3 Å². The van der Waals surface area contributed by atoms with Crippen molar-refractivity contribution in [1.82, 2.24) is 9.80 Å². The molecule has 0 bridgehead atoms. The number of piperidine rings is 1. The monoisotopic (exact) mass is 490 g/mol. The highest BCUT2D eigenvalue weighted by Gasteiger charge is 2.41. The summed E-state index contributed by atoms with van der Waals surface area (Å²) in [4.78, 5) is 29.6. The number of hydrogen-bond donors (Lipinski definition) is 1. The number of aliphatic hydroxyl groups excluding tert-OH is 1. The number of allylic oxidation sites excluding steroid dienone is 1. The second-order valence-corrected chi connectivity index (χ2v) is 16.6. The summed E-state index contributed by atoms with van der Waals surface area (Å²) in [5.41, 5.74) is 0.248. The van der Waals surface area contributed by atoms with Gasteiger partial charge in [0.05, 0.1) is 7.11 Å². The fourth-order valence-electron chi connectivity index (χ4n) is 3.82. The molecule has 1 aliphatic rings. The molecule has 1 fully saturated rings. The lowest BCUT2D eigenvalue weighted by molar-refractivity contribution is -0.145. The molecule has 1 unspecified atom stereocenters. The van der Waals surface area contributed by atoms with E-state index >= 15 is 0 Å². The molecule has 0 saturated carbocycles. The summed E-state index contributed by atoms with van der Waals surface area (Å²) in [7, 11) is 0.381. The third-order valence-corrected chi connectivity index (χ3v) is 7.01. The normalized spacial score (nSPS) is 19.2. The number of ether oxygens (including phenoxy) is 2. The summed E-state index contributed by atoms with van der Waals surface area (Å²) in [6, 6.07) is 7.89. The Balaban J connectivity index is 2.27.